The van der Waals surface area contributed by atoms with E-state index in [-0.39, 0.29) is 0 Å². The van der Waals surface area contributed by atoms with Crippen LogP contribution in [-0.2, 0) is 0 Å². The number of hydrogen-bond donors (Lipinski definition) is 0. The second-order valence-electron chi connectivity index (χ2n) is 7.74. The topological polar surface area (TPSA) is 0 Å². The van der Waals surface area contributed by atoms with E-state index in [1.165, 1.54) is 76.5 Å². The molecule has 0 radical (unpaired) electrons. The summed E-state index contributed by atoms with van der Waals surface area (Å²) >= 11 is 0. The molecule has 0 nitrogen and oxygen atoms in total. The summed E-state index contributed by atoms with van der Waals surface area (Å²) in [6.07, 6.45) is 17.5. The van der Waals surface area contributed by atoms with Gasteiger partial charge < -0.3 is 0 Å². The van der Waals surface area contributed by atoms with Crippen LogP contribution in [0.25, 0.3) is 0 Å². The molecule has 0 aromatic rings. The zero-order valence-corrected chi connectivity index (χ0v) is 14.8. The Morgan fingerprint density at radius 1 is 0.500 bits per heavy atom. The second kappa shape index (κ2) is 9.35. The summed E-state index contributed by atoms with van der Waals surface area (Å²) in [6.45, 7) is 11.2. The second-order valence-corrected chi connectivity index (χ2v) is 15.6. The van der Waals surface area contributed by atoms with Gasteiger partial charge in [0.05, 0.1) is 0 Å². The van der Waals surface area contributed by atoms with Gasteiger partial charge in [0.2, 0.25) is 0 Å². The molecule has 0 N–H and O–H groups in total. The molecule has 0 aromatic heterocycles. The van der Waals surface area contributed by atoms with Gasteiger partial charge in [0.25, 0.3) is 0 Å². The van der Waals surface area contributed by atoms with E-state index in [2.05, 4.69) is 33.8 Å². The molecule has 0 saturated heterocycles. The Morgan fingerprint density at radius 2 is 0.833 bits per heavy atom. The first kappa shape index (κ1) is 18.4. The summed E-state index contributed by atoms with van der Waals surface area (Å²) < 4.78 is 0. The molecule has 1 heteroatoms. The fourth-order valence-corrected chi connectivity index (χ4v) is 5.73. The molecule has 0 aliphatic heterocycles. The van der Waals surface area contributed by atoms with Crippen LogP contribution in [0.2, 0.25) is 0 Å². The molecule has 0 bridgehead atoms. The Hall–Kier alpha value is 0.430. The van der Waals surface area contributed by atoms with Crippen molar-refractivity contribution >= 4 is 6.60 Å². The van der Waals surface area contributed by atoms with E-state index in [4.69, 9.17) is 0 Å². The van der Waals surface area contributed by atoms with Crippen molar-refractivity contribution in [2.24, 2.45) is 0 Å². The quantitative estimate of drug-likeness (QED) is 0.286. The standard InChI is InChI=1S/C17H39P/c1-6-8-10-12-13-15-17-18(3,4,5)16-14-11-9-7-2/h6-17H2,1-5H3. The molecule has 0 aromatic carbocycles. The van der Waals surface area contributed by atoms with Gasteiger partial charge in [-0.05, 0) is 0 Å². The average molecular weight is 274 g/mol. The first-order valence-electron chi connectivity index (χ1n) is 8.39. The third kappa shape index (κ3) is 11.5. The SMILES string of the molecule is CCCCCCCCP(C)(C)(C)CCCCCC. The molecule has 0 unspecified atom stereocenters. The van der Waals surface area contributed by atoms with Gasteiger partial charge in [0.15, 0.2) is 0 Å². The first-order valence-corrected chi connectivity index (χ1v) is 12.3. The Kier molecular flexibility index (Phi) is 9.58. The van der Waals surface area contributed by atoms with Crippen LogP contribution in [0.5, 0.6) is 0 Å². The molecule has 0 saturated carbocycles. The van der Waals surface area contributed by atoms with Crippen LogP contribution in [-0.4, -0.2) is 32.3 Å². The van der Waals surface area contributed by atoms with Crippen molar-refractivity contribution in [1.82, 2.24) is 0 Å². The maximum atomic E-state index is 2.61. The average Bonchev–Trinajstić information content (AvgIpc) is 2.29. The zero-order chi connectivity index (χ0) is 13.9. The molecule has 0 heterocycles. The van der Waals surface area contributed by atoms with E-state index in [1.807, 2.05) is 0 Å². The molecule has 0 spiro atoms. The molecule has 0 rings (SSSR count). The van der Waals surface area contributed by atoms with Gasteiger partial charge in [-0.1, -0.05) is 0 Å². The normalized spacial score (nSPS) is 14.4. The molecule has 0 fully saturated rings. The summed E-state index contributed by atoms with van der Waals surface area (Å²) in [5, 5.41) is 0. The van der Waals surface area contributed by atoms with E-state index in [1.54, 1.807) is 0 Å². The summed E-state index contributed by atoms with van der Waals surface area (Å²) in [5.41, 5.74) is 0. The van der Waals surface area contributed by atoms with Gasteiger partial charge >= 0.3 is 117 Å². The van der Waals surface area contributed by atoms with Gasteiger partial charge in [-0.3, -0.25) is 0 Å². The van der Waals surface area contributed by atoms with Gasteiger partial charge in [-0.15, -0.1) is 0 Å². The molecule has 0 aliphatic rings. The predicted octanol–water partition coefficient (Wildman–Crippen LogP) is 6.37. The van der Waals surface area contributed by atoms with E-state index in [0.29, 0.717) is 0 Å². The summed E-state index contributed by atoms with van der Waals surface area (Å²) in [7, 11) is 0. The molecular weight excluding hydrogens is 235 g/mol. The van der Waals surface area contributed by atoms with Crippen LogP contribution in [0.1, 0.15) is 78.1 Å². The van der Waals surface area contributed by atoms with E-state index in [0.717, 1.165) is 0 Å². The van der Waals surface area contributed by atoms with Crippen LogP contribution in [0, 0.1) is 0 Å². The van der Waals surface area contributed by atoms with E-state index >= 15 is 0 Å². The van der Waals surface area contributed by atoms with Crippen LogP contribution < -0.4 is 0 Å². The van der Waals surface area contributed by atoms with Crippen molar-refractivity contribution in [1.29, 1.82) is 0 Å². The van der Waals surface area contributed by atoms with Crippen LogP contribution in [0.4, 0.5) is 0 Å². The van der Waals surface area contributed by atoms with Crippen molar-refractivity contribution in [3.8, 4) is 0 Å². The Bertz CT molecular complexity index is 188. The molecule has 0 aliphatic carbocycles. The summed E-state index contributed by atoms with van der Waals surface area (Å²) in [6, 6.07) is 0. The van der Waals surface area contributed by atoms with E-state index in [9.17, 15) is 0 Å². The fourth-order valence-electron chi connectivity index (χ4n) is 2.71. The Labute approximate surface area is 117 Å². The fraction of sp³-hybridized carbons (Fsp3) is 1.00. The van der Waals surface area contributed by atoms with Crippen LogP contribution in [0.15, 0.2) is 0 Å². The predicted molar refractivity (Wildman–Crippen MR) is 91.9 cm³/mol. The van der Waals surface area contributed by atoms with Crippen molar-refractivity contribution in [2.45, 2.75) is 78.1 Å². The molecule has 0 atom stereocenters. The Balaban J connectivity index is 3.67. The number of unbranched alkanes of at least 4 members (excludes halogenated alkanes) is 8. The minimum absolute atomic E-state index is 1.29. The third-order valence-corrected chi connectivity index (χ3v) is 8.13. The Morgan fingerprint density at radius 3 is 1.28 bits per heavy atom. The van der Waals surface area contributed by atoms with Crippen molar-refractivity contribution in [3.63, 3.8) is 0 Å². The third-order valence-electron chi connectivity index (χ3n) is 4.18. The molecular formula is C17H39P. The summed E-state index contributed by atoms with van der Waals surface area (Å²) in [5.74, 6) is 0. The minimum atomic E-state index is -1.29. The maximum absolute atomic E-state index is 2.61. The molecule has 112 valence electrons. The van der Waals surface area contributed by atoms with Crippen LogP contribution in [0.3, 0.4) is 0 Å². The van der Waals surface area contributed by atoms with Crippen LogP contribution >= 0.6 is 6.60 Å². The monoisotopic (exact) mass is 274 g/mol. The van der Waals surface area contributed by atoms with Gasteiger partial charge in [-0.2, -0.15) is 0 Å². The zero-order valence-electron chi connectivity index (χ0n) is 13.9. The van der Waals surface area contributed by atoms with E-state index < -0.39 is 6.60 Å². The summed E-state index contributed by atoms with van der Waals surface area (Å²) in [4.78, 5) is 0. The number of rotatable bonds is 12. The van der Waals surface area contributed by atoms with Gasteiger partial charge in [0.1, 0.15) is 0 Å². The van der Waals surface area contributed by atoms with Crippen molar-refractivity contribution < 1.29 is 0 Å². The molecule has 18 heavy (non-hydrogen) atoms. The van der Waals surface area contributed by atoms with Gasteiger partial charge in [-0.25, -0.2) is 0 Å². The molecule has 0 amide bonds. The van der Waals surface area contributed by atoms with Crippen molar-refractivity contribution in [3.05, 3.63) is 0 Å². The van der Waals surface area contributed by atoms with Gasteiger partial charge in [0, 0.05) is 0 Å². The van der Waals surface area contributed by atoms with Crippen molar-refractivity contribution in [2.75, 3.05) is 32.3 Å². The number of hydrogen-bond acceptors (Lipinski definition) is 0. The first-order chi connectivity index (χ1) is 8.39.